The van der Waals surface area contributed by atoms with E-state index in [2.05, 4.69) is 15.9 Å². The lowest BCUT2D eigenvalue weighted by Crippen LogP contribution is -2.50. The molecule has 0 saturated heterocycles. The third-order valence-electron chi connectivity index (χ3n) is 6.21. The van der Waals surface area contributed by atoms with Crippen molar-refractivity contribution in [3.05, 3.63) is 106 Å². The predicted octanol–water partition coefficient (Wildman–Crippen LogP) is 6.25. The van der Waals surface area contributed by atoms with Crippen LogP contribution in [-0.2, 0) is 9.53 Å². The Labute approximate surface area is 238 Å². The van der Waals surface area contributed by atoms with Gasteiger partial charge in [-0.3, -0.25) is 4.79 Å². The summed E-state index contributed by atoms with van der Waals surface area (Å²) in [5, 5.41) is 11.0. The van der Waals surface area contributed by atoms with E-state index in [1.165, 1.54) is 0 Å². The fraction of sp³-hybridized carbons (Fsp3) is 0.267. The van der Waals surface area contributed by atoms with Gasteiger partial charge in [0, 0.05) is 35.0 Å². The number of rotatable bonds is 11. The number of carbonyl (C=O) groups excluding carboxylic acids is 1. The van der Waals surface area contributed by atoms with E-state index in [4.69, 9.17) is 19.6 Å². The van der Waals surface area contributed by atoms with Crippen LogP contribution < -0.4 is 10.1 Å². The highest BCUT2D eigenvalue weighted by molar-refractivity contribution is 9.10. The first-order valence-corrected chi connectivity index (χ1v) is 13.4. The number of ether oxygens (including phenoxy) is 2. The number of nitrogens with one attached hydrogen (secondary N) is 1. The molecule has 0 bridgehead atoms. The van der Waals surface area contributed by atoms with Crippen molar-refractivity contribution in [3.63, 3.8) is 0 Å². The lowest BCUT2D eigenvalue weighted by molar-refractivity contribution is -0.143. The zero-order chi connectivity index (χ0) is 28.6. The number of amides is 1. The van der Waals surface area contributed by atoms with Gasteiger partial charge in [-0.05, 0) is 35.9 Å². The Morgan fingerprint density at radius 3 is 2.45 bits per heavy atom. The highest BCUT2D eigenvalue weighted by atomic mass is 79.9. The normalized spacial score (nSPS) is 18.8. The van der Waals surface area contributed by atoms with Crippen molar-refractivity contribution < 1.29 is 32.5 Å². The summed E-state index contributed by atoms with van der Waals surface area (Å²) in [6.45, 7) is -1.15. The average Bonchev–Trinajstić information content (AvgIpc) is 3.33. The van der Waals surface area contributed by atoms with E-state index in [9.17, 15) is 18.0 Å². The number of aliphatic hydroxyl groups is 1. The molecule has 10 heteroatoms. The second kappa shape index (κ2) is 13.1. The molecule has 0 spiro atoms. The second-order valence-corrected chi connectivity index (χ2v) is 9.98. The minimum absolute atomic E-state index is 0.0103. The van der Waals surface area contributed by atoms with Crippen LogP contribution in [0.15, 0.2) is 94.4 Å². The maximum Gasteiger partial charge on any atom is 0.405 e. The van der Waals surface area contributed by atoms with Gasteiger partial charge in [0.15, 0.2) is 11.6 Å². The van der Waals surface area contributed by atoms with Crippen molar-refractivity contribution >= 4 is 33.8 Å². The SMILES string of the molecule is O=C(NCC(F)(F)F)[C@]1(C/C=C/c2ccccc2)N=C(c2ccc(OCCCO)cc2)O[C@@H]1c1ccccc1Br. The Bertz CT molecular complexity index is 1350. The molecular formula is C30H28BrF3N2O4. The fourth-order valence-corrected chi connectivity index (χ4v) is 4.74. The van der Waals surface area contributed by atoms with E-state index in [0.29, 0.717) is 34.4 Å². The molecule has 210 valence electrons. The maximum atomic E-state index is 13.6. The molecule has 4 rings (SSSR count). The van der Waals surface area contributed by atoms with Crippen molar-refractivity contribution in [3.8, 4) is 5.75 Å². The first kappa shape index (κ1) is 29.4. The molecule has 0 fully saturated rings. The van der Waals surface area contributed by atoms with E-state index in [-0.39, 0.29) is 18.9 Å². The number of benzene rings is 3. The van der Waals surface area contributed by atoms with Crippen LogP contribution in [0, 0.1) is 0 Å². The van der Waals surface area contributed by atoms with E-state index in [1.807, 2.05) is 35.6 Å². The van der Waals surface area contributed by atoms with Gasteiger partial charge in [-0.2, -0.15) is 13.2 Å². The molecule has 0 unspecified atom stereocenters. The molecule has 1 aliphatic heterocycles. The number of carbonyl (C=O) groups is 1. The number of nitrogens with zero attached hydrogens (tertiary/aromatic N) is 1. The molecule has 1 amide bonds. The van der Waals surface area contributed by atoms with E-state index < -0.39 is 30.3 Å². The first-order valence-electron chi connectivity index (χ1n) is 12.6. The first-order chi connectivity index (χ1) is 19.2. The van der Waals surface area contributed by atoms with Gasteiger partial charge in [-0.15, -0.1) is 0 Å². The summed E-state index contributed by atoms with van der Waals surface area (Å²) in [7, 11) is 0. The van der Waals surface area contributed by atoms with Crippen LogP contribution in [0.4, 0.5) is 13.2 Å². The molecule has 2 N–H and O–H groups in total. The quantitative estimate of drug-likeness (QED) is 0.250. The number of aliphatic imine (C=N–C) groups is 1. The summed E-state index contributed by atoms with van der Waals surface area (Å²) < 4.78 is 51.9. The van der Waals surface area contributed by atoms with Crippen molar-refractivity contribution in [2.75, 3.05) is 19.8 Å². The molecular weight excluding hydrogens is 589 g/mol. The standard InChI is InChI=1S/C30H28BrF3N2O4/c31-25-12-5-4-11-24(25)26-29(28(38)35-20-30(32,33)34,17-6-10-21-8-2-1-3-9-21)36-27(40-26)22-13-15-23(16-14-22)39-19-7-18-37/h1-6,8-16,26,37H,7,17-20H2,(H,35,38)/b10-6+/t26-,29-/m1/s1. The minimum Gasteiger partial charge on any atom is -0.494 e. The highest BCUT2D eigenvalue weighted by Gasteiger charge is 2.53. The van der Waals surface area contributed by atoms with Crippen LogP contribution in [0.25, 0.3) is 6.08 Å². The van der Waals surface area contributed by atoms with Gasteiger partial charge in [0.05, 0.1) is 6.61 Å². The lowest BCUT2D eigenvalue weighted by Gasteiger charge is -2.30. The molecule has 0 aromatic heterocycles. The number of alkyl halides is 3. The van der Waals surface area contributed by atoms with E-state index in [1.54, 1.807) is 60.7 Å². The van der Waals surface area contributed by atoms with Crippen molar-refractivity contribution in [1.29, 1.82) is 0 Å². The second-order valence-electron chi connectivity index (χ2n) is 9.13. The molecule has 6 nitrogen and oxygen atoms in total. The summed E-state index contributed by atoms with van der Waals surface area (Å²) in [6, 6.07) is 23.2. The van der Waals surface area contributed by atoms with Crippen LogP contribution in [0.1, 0.15) is 35.6 Å². The van der Waals surface area contributed by atoms with Gasteiger partial charge in [0.2, 0.25) is 5.90 Å². The molecule has 0 saturated carbocycles. The lowest BCUT2D eigenvalue weighted by atomic mass is 9.84. The Hall–Kier alpha value is -3.63. The minimum atomic E-state index is -4.60. The molecule has 2 atom stereocenters. The Morgan fingerprint density at radius 1 is 1.07 bits per heavy atom. The highest BCUT2D eigenvalue weighted by Crippen LogP contribution is 2.45. The third-order valence-corrected chi connectivity index (χ3v) is 6.93. The van der Waals surface area contributed by atoms with Gasteiger partial charge >= 0.3 is 6.18 Å². The fourth-order valence-electron chi connectivity index (χ4n) is 4.25. The smallest absolute Gasteiger partial charge is 0.405 e. The number of hydrogen-bond acceptors (Lipinski definition) is 5. The van der Waals surface area contributed by atoms with Crippen molar-refractivity contribution in [2.24, 2.45) is 4.99 Å². The molecule has 0 radical (unpaired) electrons. The van der Waals surface area contributed by atoms with Crippen molar-refractivity contribution in [2.45, 2.75) is 30.7 Å². The molecule has 1 heterocycles. The predicted molar refractivity (Wildman–Crippen MR) is 150 cm³/mol. The summed E-state index contributed by atoms with van der Waals surface area (Å²) in [5.41, 5.74) is 0.238. The Balaban J connectivity index is 1.75. The number of hydrogen-bond donors (Lipinski definition) is 2. The zero-order valence-corrected chi connectivity index (χ0v) is 23.0. The Morgan fingerprint density at radius 2 is 1.77 bits per heavy atom. The summed E-state index contributed by atoms with van der Waals surface area (Å²) >= 11 is 3.50. The van der Waals surface area contributed by atoms with Crippen molar-refractivity contribution in [1.82, 2.24) is 5.32 Å². The van der Waals surface area contributed by atoms with Gasteiger partial charge in [-0.25, -0.2) is 4.99 Å². The van der Waals surface area contributed by atoms with Gasteiger partial charge < -0.3 is 19.9 Å². The largest absolute Gasteiger partial charge is 0.494 e. The summed E-state index contributed by atoms with van der Waals surface area (Å²) in [5.74, 6) is -0.210. The Kier molecular flexibility index (Phi) is 9.65. The topological polar surface area (TPSA) is 80.2 Å². The molecule has 1 aliphatic rings. The summed E-state index contributed by atoms with van der Waals surface area (Å²) in [4.78, 5) is 18.3. The van der Waals surface area contributed by atoms with Gasteiger partial charge in [0.1, 0.15) is 12.3 Å². The molecule has 40 heavy (non-hydrogen) atoms. The number of aliphatic hydroxyl groups excluding tert-OH is 1. The number of halogens is 4. The molecule has 3 aromatic carbocycles. The van der Waals surface area contributed by atoms with Crippen LogP contribution in [0.3, 0.4) is 0 Å². The van der Waals surface area contributed by atoms with Gasteiger partial charge in [0.25, 0.3) is 5.91 Å². The average molecular weight is 617 g/mol. The maximum absolute atomic E-state index is 13.6. The molecule has 3 aromatic rings. The van der Waals surface area contributed by atoms with Crippen LogP contribution in [-0.4, -0.2) is 48.4 Å². The van der Waals surface area contributed by atoms with Gasteiger partial charge in [-0.1, -0.05) is 76.6 Å². The molecule has 0 aliphatic carbocycles. The van der Waals surface area contributed by atoms with E-state index >= 15 is 0 Å². The monoisotopic (exact) mass is 616 g/mol. The van der Waals surface area contributed by atoms with Crippen LogP contribution in [0.5, 0.6) is 5.75 Å². The zero-order valence-electron chi connectivity index (χ0n) is 21.4. The van der Waals surface area contributed by atoms with Crippen LogP contribution in [0.2, 0.25) is 0 Å². The third kappa shape index (κ3) is 7.31. The van der Waals surface area contributed by atoms with Crippen LogP contribution >= 0.6 is 15.9 Å². The van der Waals surface area contributed by atoms with E-state index in [0.717, 1.165) is 5.56 Å². The summed E-state index contributed by atoms with van der Waals surface area (Å²) in [6.07, 6.45) is -1.65.